The van der Waals surface area contributed by atoms with Crippen molar-refractivity contribution in [1.29, 1.82) is 0 Å². The van der Waals surface area contributed by atoms with E-state index in [4.69, 9.17) is 14.3 Å². The highest BCUT2D eigenvalue weighted by atomic mass is 16.7. The van der Waals surface area contributed by atoms with E-state index in [-0.39, 0.29) is 0 Å². The molecule has 0 atom stereocenters. The monoisotopic (exact) mass is 235 g/mol. The third-order valence-electron chi connectivity index (χ3n) is 2.47. The first kappa shape index (κ1) is 11.8. The Morgan fingerprint density at radius 3 is 2.94 bits per heavy atom. The maximum Gasteiger partial charge on any atom is 0.230 e. The minimum absolute atomic E-state index is 0.492. The fourth-order valence-electron chi connectivity index (χ4n) is 1.59. The van der Waals surface area contributed by atoms with E-state index in [1.165, 1.54) is 0 Å². The van der Waals surface area contributed by atoms with E-state index in [2.05, 4.69) is 19.0 Å². The maximum absolute atomic E-state index is 5.77. The van der Waals surface area contributed by atoms with Crippen LogP contribution in [0.5, 0.6) is 11.5 Å². The zero-order valence-electron chi connectivity index (χ0n) is 10.4. The second-order valence-corrected chi connectivity index (χ2v) is 4.39. The van der Waals surface area contributed by atoms with Gasteiger partial charge in [0.1, 0.15) is 5.75 Å². The van der Waals surface area contributed by atoms with Crippen LogP contribution in [0.25, 0.3) is 0 Å². The molecule has 1 aromatic rings. The number of rotatable bonds is 3. The van der Waals surface area contributed by atoms with Crippen LogP contribution in [0.1, 0.15) is 19.4 Å². The molecule has 4 heteroatoms. The second kappa shape index (κ2) is 5.08. The number of benzene rings is 1. The summed E-state index contributed by atoms with van der Waals surface area (Å²) >= 11 is 0. The fraction of sp³-hybridized carbons (Fsp3) is 0.462. The van der Waals surface area contributed by atoms with Gasteiger partial charge in [0.2, 0.25) is 5.90 Å². The van der Waals surface area contributed by atoms with Crippen molar-refractivity contribution in [2.75, 3.05) is 13.7 Å². The lowest BCUT2D eigenvalue weighted by molar-refractivity contribution is 0.256. The zero-order chi connectivity index (χ0) is 12.3. The first-order valence-electron chi connectivity index (χ1n) is 5.73. The number of methoxy groups -OCH3 is 1. The van der Waals surface area contributed by atoms with E-state index in [9.17, 15) is 0 Å². The van der Waals surface area contributed by atoms with Crippen LogP contribution in [-0.4, -0.2) is 19.6 Å². The average Bonchev–Trinajstić information content (AvgIpc) is 2.35. The van der Waals surface area contributed by atoms with E-state index in [0.717, 1.165) is 17.1 Å². The molecule has 0 saturated heterocycles. The van der Waals surface area contributed by atoms with Crippen LogP contribution in [-0.2, 0) is 11.2 Å². The van der Waals surface area contributed by atoms with E-state index in [1.54, 1.807) is 7.11 Å². The van der Waals surface area contributed by atoms with Crippen LogP contribution >= 0.6 is 0 Å². The summed E-state index contributed by atoms with van der Waals surface area (Å²) in [6.07, 6.45) is 0.611. The molecule has 1 heterocycles. The highest BCUT2D eigenvalue weighted by Crippen LogP contribution is 2.32. The SMILES string of the molecule is COC1=NOc2cccc(OCC(C)C)c2C1. The summed E-state index contributed by atoms with van der Waals surface area (Å²) in [6, 6.07) is 5.73. The van der Waals surface area contributed by atoms with Gasteiger partial charge >= 0.3 is 0 Å². The van der Waals surface area contributed by atoms with Crippen molar-refractivity contribution in [3.8, 4) is 11.5 Å². The molecule has 0 fully saturated rings. The topological polar surface area (TPSA) is 40.0 Å². The molecule has 2 rings (SSSR count). The molecular formula is C13H17NO3. The number of oxime groups is 1. The Morgan fingerprint density at radius 2 is 2.24 bits per heavy atom. The number of hydrogen-bond acceptors (Lipinski definition) is 4. The molecule has 0 spiro atoms. The second-order valence-electron chi connectivity index (χ2n) is 4.39. The third-order valence-corrected chi connectivity index (χ3v) is 2.47. The molecule has 92 valence electrons. The van der Waals surface area contributed by atoms with Gasteiger partial charge in [-0.15, -0.1) is 0 Å². The van der Waals surface area contributed by atoms with Gasteiger partial charge in [-0.2, -0.15) is 0 Å². The molecule has 1 aliphatic rings. The molecule has 0 aromatic heterocycles. The van der Waals surface area contributed by atoms with Gasteiger partial charge in [-0.1, -0.05) is 19.9 Å². The summed E-state index contributed by atoms with van der Waals surface area (Å²) in [5.41, 5.74) is 1.00. The molecule has 1 aliphatic heterocycles. The van der Waals surface area contributed by atoms with Crippen molar-refractivity contribution in [3.05, 3.63) is 23.8 Å². The van der Waals surface area contributed by atoms with Crippen molar-refractivity contribution in [2.45, 2.75) is 20.3 Å². The van der Waals surface area contributed by atoms with Gasteiger partial charge in [0.05, 0.1) is 20.1 Å². The van der Waals surface area contributed by atoms with Gasteiger partial charge in [-0.3, -0.25) is 0 Å². The lowest BCUT2D eigenvalue weighted by atomic mass is 10.1. The molecular weight excluding hydrogens is 218 g/mol. The fourth-order valence-corrected chi connectivity index (χ4v) is 1.59. The Hall–Kier alpha value is -1.71. The molecule has 1 aromatic carbocycles. The van der Waals surface area contributed by atoms with Crippen LogP contribution in [0, 0.1) is 5.92 Å². The van der Waals surface area contributed by atoms with Crippen LogP contribution < -0.4 is 9.57 Å². The predicted octanol–water partition coefficient (Wildman–Crippen LogP) is 2.62. The molecule has 0 radical (unpaired) electrons. The molecule has 0 saturated carbocycles. The summed E-state index contributed by atoms with van der Waals surface area (Å²) in [6.45, 7) is 4.93. The highest BCUT2D eigenvalue weighted by molar-refractivity contribution is 5.81. The quantitative estimate of drug-likeness (QED) is 0.808. The minimum atomic E-state index is 0.492. The molecule has 4 nitrogen and oxygen atoms in total. The van der Waals surface area contributed by atoms with Crippen LogP contribution in [0.15, 0.2) is 23.4 Å². The van der Waals surface area contributed by atoms with E-state index >= 15 is 0 Å². The van der Waals surface area contributed by atoms with Crippen molar-refractivity contribution >= 4 is 5.90 Å². The molecule has 0 unspecified atom stereocenters. The van der Waals surface area contributed by atoms with Crippen molar-refractivity contribution < 1.29 is 14.3 Å². The van der Waals surface area contributed by atoms with Crippen LogP contribution in [0.3, 0.4) is 0 Å². The van der Waals surface area contributed by atoms with Gasteiger partial charge in [-0.25, -0.2) is 0 Å². The molecule has 0 aliphatic carbocycles. The third kappa shape index (κ3) is 2.70. The summed E-state index contributed by atoms with van der Waals surface area (Å²) in [5, 5.41) is 3.86. The predicted molar refractivity (Wildman–Crippen MR) is 65.6 cm³/mol. The number of ether oxygens (including phenoxy) is 2. The average molecular weight is 235 g/mol. The first-order chi connectivity index (χ1) is 8.20. The lowest BCUT2D eigenvalue weighted by Gasteiger charge is -2.18. The summed E-state index contributed by atoms with van der Waals surface area (Å²) in [4.78, 5) is 5.26. The summed E-state index contributed by atoms with van der Waals surface area (Å²) in [5.74, 6) is 2.65. The van der Waals surface area contributed by atoms with Gasteiger partial charge in [0.15, 0.2) is 5.75 Å². The van der Waals surface area contributed by atoms with Crippen molar-refractivity contribution in [3.63, 3.8) is 0 Å². The largest absolute Gasteiger partial charge is 0.493 e. The standard InChI is InChI=1S/C13H17NO3/c1-9(2)8-16-11-5-4-6-12-10(11)7-13(15-3)14-17-12/h4-6,9H,7-8H2,1-3H3. The zero-order valence-corrected chi connectivity index (χ0v) is 10.4. The Bertz CT molecular complexity index is 427. The van der Waals surface area contributed by atoms with Gasteiger partial charge in [-0.05, 0) is 23.2 Å². The maximum atomic E-state index is 5.77. The lowest BCUT2D eigenvalue weighted by Crippen LogP contribution is -2.15. The van der Waals surface area contributed by atoms with Crippen molar-refractivity contribution in [1.82, 2.24) is 0 Å². The normalized spacial score (nSPS) is 13.8. The smallest absolute Gasteiger partial charge is 0.230 e. The Labute approximate surface area is 101 Å². The van der Waals surface area contributed by atoms with Gasteiger partial charge in [0, 0.05) is 5.56 Å². The molecule has 17 heavy (non-hydrogen) atoms. The molecule has 0 amide bonds. The van der Waals surface area contributed by atoms with E-state index in [0.29, 0.717) is 24.8 Å². The Morgan fingerprint density at radius 1 is 1.41 bits per heavy atom. The number of hydrogen-bond donors (Lipinski definition) is 0. The summed E-state index contributed by atoms with van der Waals surface area (Å²) in [7, 11) is 1.59. The number of nitrogens with zero attached hydrogens (tertiary/aromatic N) is 1. The summed E-state index contributed by atoms with van der Waals surface area (Å²) < 4.78 is 10.9. The first-order valence-corrected chi connectivity index (χ1v) is 5.73. The number of fused-ring (bicyclic) bond motifs is 1. The van der Waals surface area contributed by atoms with Gasteiger partial charge in [0.25, 0.3) is 0 Å². The Kier molecular flexibility index (Phi) is 3.52. The van der Waals surface area contributed by atoms with Crippen LogP contribution in [0.2, 0.25) is 0 Å². The molecule has 0 N–H and O–H groups in total. The van der Waals surface area contributed by atoms with Crippen LogP contribution in [0.4, 0.5) is 0 Å². The minimum Gasteiger partial charge on any atom is -0.493 e. The Balaban J connectivity index is 2.19. The molecule has 0 bridgehead atoms. The van der Waals surface area contributed by atoms with Gasteiger partial charge < -0.3 is 14.3 Å². The highest BCUT2D eigenvalue weighted by Gasteiger charge is 2.19. The van der Waals surface area contributed by atoms with E-state index in [1.807, 2.05) is 18.2 Å². The van der Waals surface area contributed by atoms with E-state index < -0.39 is 0 Å². The van der Waals surface area contributed by atoms with Crippen molar-refractivity contribution in [2.24, 2.45) is 11.1 Å².